The van der Waals surface area contributed by atoms with Crippen LogP contribution in [0.5, 0.6) is 0 Å². The molecular weight excluding hydrogens is 374 g/mol. The lowest BCUT2D eigenvalue weighted by Crippen LogP contribution is -2.42. The molecule has 0 bridgehead atoms. The molecule has 3 rings (SSSR count). The van der Waals surface area contributed by atoms with Crippen LogP contribution in [0.3, 0.4) is 0 Å². The number of sulfonamides is 1. The average Bonchev–Trinajstić information content (AvgIpc) is 2.65. The minimum Gasteiger partial charge on any atom is -0.382 e. The Bertz CT molecular complexity index is 947. The van der Waals surface area contributed by atoms with Gasteiger partial charge in [0, 0.05) is 37.4 Å². The summed E-state index contributed by atoms with van der Waals surface area (Å²) in [5.41, 5.74) is 4.11. The molecule has 1 amide bonds. The molecule has 0 saturated carbocycles. The van der Waals surface area contributed by atoms with Gasteiger partial charge in [0.1, 0.15) is 0 Å². The number of nitrogens with zero attached hydrogens (tertiary/aromatic N) is 1. The van der Waals surface area contributed by atoms with Crippen LogP contribution >= 0.6 is 0 Å². The summed E-state index contributed by atoms with van der Waals surface area (Å²) in [7, 11) is -3.53. The van der Waals surface area contributed by atoms with Gasteiger partial charge in [0.15, 0.2) is 0 Å². The fourth-order valence-corrected chi connectivity index (χ4v) is 4.88. The van der Waals surface area contributed by atoms with E-state index in [4.69, 9.17) is 0 Å². The third-order valence-electron chi connectivity index (χ3n) is 5.02. The normalized spacial score (nSPS) is 16.0. The van der Waals surface area contributed by atoms with Gasteiger partial charge in [0.05, 0.1) is 4.90 Å². The van der Waals surface area contributed by atoms with Gasteiger partial charge >= 0.3 is 0 Å². The number of amides is 1. The van der Waals surface area contributed by atoms with Crippen LogP contribution in [-0.2, 0) is 14.8 Å². The molecule has 1 aliphatic rings. The van der Waals surface area contributed by atoms with E-state index >= 15 is 0 Å². The highest BCUT2D eigenvalue weighted by atomic mass is 32.2. The number of carbonyl (C=O) groups excluding carboxylic acids is 1. The number of hydrogen-bond donors (Lipinski definition) is 2. The molecule has 0 radical (unpaired) electrons. The van der Waals surface area contributed by atoms with Gasteiger partial charge in [0.2, 0.25) is 15.9 Å². The lowest BCUT2D eigenvalue weighted by atomic mass is 10.0. The molecule has 1 saturated heterocycles. The molecule has 150 valence electrons. The number of rotatable bonds is 5. The molecule has 2 N–H and O–H groups in total. The second-order valence-corrected chi connectivity index (χ2v) is 9.28. The van der Waals surface area contributed by atoms with Crippen molar-refractivity contribution in [2.75, 3.05) is 23.7 Å². The van der Waals surface area contributed by atoms with Crippen LogP contribution in [0.4, 0.5) is 11.4 Å². The van der Waals surface area contributed by atoms with Crippen molar-refractivity contribution in [2.24, 2.45) is 0 Å². The first-order chi connectivity index (χ1) is 13.3. The second kappa shape index (κ2) is 8.32. The van der Waals surface area contributed by atoms with E-state index in [2.05, 4.69) is 42.7 Å². The van der Waals surface area contributed by atoms with E-state index in [0.717, 1.165) is 18.5 Å². The Morgan fingerprint density at radius 3 is 2.29 bits per heavy atom. The number of nitrogens with one attached hydrogen (secondary N) is 2. The van der Waals surface area contributed by atoms with E-state index in [1.165, 1.54) is 18.1 Å². The summed E-state index contributed by atoms with van der Waals surface area (Å²) in [5.74, 6) is -0.186. The summed E-state index contributed by atoms with van der Waals surface area (Å²) < 4.78 is 27.3. The molecule has 0 aliphatic carbocycles. The van der Waals surface area contributed by atoms with Crippen LogP contribution < -0.4 is 10.6 Å². The molecule has 1 heterocycles. The second-order valence-electron chi connectivity index (χ2n) is 7.35. The highest BCUT2D eigenvalue weighted by Crippen LogP contribution is 2.25. The molecule has 7 heteroatoms. The zero-order valence-electron chi connectivity index (χ0n) is 16.5. The minimum atomic E-state index is -3.53. The first kappa shape index (κ1) is 20.4. The molecule has 6 nitrogen and oxygen atoms in total. The van der Waals surface area contributed by atoms with E-state index in [9.17, 15) is 13.2 Å². The lowest BCUT2D eigenvalue weighted by molar-refractivity contribution is -0.114. The maximum Gasteiger partial charge on any atom is 0.243 e. The standard InChI is InChI=1S/C21H27N3O3S/c1-15-4-5-16(2)21(14-15)23-19-10-12-24(13-11-19)28(26,27)20-8-6-18(7-9-20)22-17(3)25/h4-9,14,19,23H,10-13H2,1-3H3,(H,22,25). The van der Waals surface area contributed by atoms with Gasteiger partial charge in [0.25, 0.3) is 0 Å². The molecule has 0 aromatic heterocycles. The van der Waals surface area contributed by atoms with Crippen LogP contribution in [0.2, 0.25) is 0 Å². The summed E-state index contributed by atoms with van der Waals surface area (Å²) in [4.78, 5) is 11.4. The summed E-state index contributed by atoms with van der Waals surface area (Å²) in [6.07, 6.45) is 1.52. The van der Waals surface area contributed by atoms with E-state index in [1.54, 1.807) is 28.6 Å². The average molecular weight is 402 g/mol. The number of piperidine rings is 1. The Balaban J connectivity index is 1.63. The van der Waals surface area contributed by atoms with E-state index in [-0.39, 0.29) is 16.8 Å². The Labute approximate surface area is 167 Å². The Morgan fingerprint density at radius 2 is 1.68 bits per heavy atom. The minimum absolute atomic E-state index is 0.186. The zero-order valence-corrected chi connectivity index (χ0v) is 17.3. The fourth-order valence-electron chi connectivity index (χ4n) is 3.41. The number of benzene rings is 2. The van der Waals surface area contributed by atoms with Crippen molar-refractivity contribution in [1.29, 1.82) is 0 Å². The summed E-state index contributed by atoms with van der Waals surface area (Å²) >= 11 is 0. The van der Waals surface area contributed by atoms with Crippen LogP contribution in [-0.4, -0.2) is 37.8 Å². The maximum atomic E-state index is 12.9. The third kappa shape index (κ3) is 4.72. The molecule has 0 spiro atoms. The molecule has 2 aromatic carbocycles. The maximum absolute atomic E-state index is 12.9. The van der Waals surface area contributed by atoms with Crippen molar-refractivity contribution in [3.8, 4) is 0 Å². The van der Waals surface area contributed by atoms with Crippen LogP contribution in [0, 0.1) is 13.8 Å². The van der Waals surface area contributed by atoms with Crippen LogP contribution in [0.1, 0.15) is 30.9 Å². The highest BCUT2D eigenvalue weighted by Gasteiger charge is 2.29. The third-order valence-corrected chi connectivity index (χ3v) is 6.93. The molecule has 2 aromatic rings. The van der Waals surface area contributed by atoms with E-state index < -0.39 is 10.0 Å². The van der Waals surface area contributed by atoms with Crippen molar-refractivity contribution >= 4 is 27.3 Å². The number of carbonyl (C=O) groups is 1. The van der Waals surface area contributed by atoms with Crippen molar-refractivity contribution in [1.82, 2.24) is 4.31 Å². The van der Waals surface area contributed by atoms with E-state index in [0.29, 0.717) is 18.8 Å². The van der Waals surface area contributed by atoms with Gasteiger partial charge in [-0.25, -0.2) is 8.42 Å². The molecular formula is C21H27N3O3S. The predicted octanol–water partition coefficient (Wildman–Crippen LogP) is 3.53. The Kier molecular flexibility index (Phi) is 6.05. The van der Waals surface area contributed by atoms with Gasteiger partial charge in [-0.2, -0.15) is 4.31 Å². The van der Waals surface area contributed by atoms with Gasteiger partial charge in [-0.1, -0.05) is 12.1 Å². The van der Waals surface area contributed by atoms with Gasteiger partial charge in [-0.15, -0.1) is 0 Å². The summed E-state index contributed by atoms with van der Waals surface area (Å²) in [5, 5.41) is 6.21. The van der Waals surface area contributed by atoms with Crippen molar-refractivity contribution in [2.45, 2.75) is 44.6 Å². The summed E-state index contributed by atoms with van der Waals surface area (Å²) in [6.45, 7) is 6.53. The Hall–Kier alpha value is -2.38. The molecule has 0 atom stereocenters. The number of anilines is 2. The first-order valence-corrected chi connectivity index (χ1v) is 10.9. The van der Waals surface area contributed by atoms with Crippen LogP contribution in [0.25, 0.3) is 0 Å². The predicted molar refractivity (Wildman–Crippen MR) is 112 cm³/mol. The van der Waals surface area contributed by atoms with Crippen LogP contribution in [0.15, 0.2) is 47.4 Å². The largest absolute Gasteiger partial charge is 0.382 e. The SMILES string of the molecule is CC(=O)Nc1ccc(S(=O)(=O)N2CCC(Nc3cc(C)ccc3C)CC2)cc1. The van der Waals surface area contributed by atoms with Gasteiger partial charge < -0.3 is 10.6 Å². The van der Waals surface area contributed by atoms with Gasteiger partial charge in [-0.05, 0) is 68.1 Å². The highest BCUT2D eigenvalue weighted by molar-refractivity contribution is 7.89. The summed E-state index contributed by atoms with van der Waals surface area (Å²) in [6, 6.07) is 12.9. The smallest absolute Gasteiger partial charge is 0.243 e. The molecule has 28 heavy (non-hydrogen) atoms. The quantitative estimate of drug-likeness (QED) is 0.803. The zero-order chi connectivity index (χ0) is 20.3. The molecule has 0 unspecified atom stereocenters. The molecule has 1 aliphatic heterocycles. The Morgan fingerprint density at radius 1 is 1.04 bits per heavy atom. The topological polar surface area (TPSA) is 78.5 Å². The molecule has 1 fully saturated rings. The monoisotopic (exact) mass is 401 g/mol. The van der Waals surface area contributed by atoms with Gasteiger partial charge in [-0.3, -0.25) is 4.79 Å². The fraction of sp³-hybridized carbons (Fsp3) is 0.381. The van der Waals surface area contributed by atoms with E-state index in [1.807, 2.05) is 0 Å². The number of aryl methyl sites for hydroxylation is 2. The lowest BCUT2D eigenvalue weighted by Gasteiger charge is -2.32. The number of hydrogen-bond acceptors (Lipinski definition) is 4. The van der Waals surface area contributed by atoms with Crippen molar-refractivity contribution < 1.29 is 13.2 Å². The first-order valence-electron chi connectivity index (χ1n) is 9.47. The van der Waals surface area contributed by atoms with Crippen molar-refractivity contribution in [3.05, 3.63) is 53.6 Å². The van der Waals surface area contributed by atoms with Crippen molar-refractivity contribution in [3.63, 3.8) is 0 Å².